The van der Waals surface area contributed by atoms with E-state index in [2.05, 4.69) is 13.8 Å². The largest absolute Gasteiger partial charge is 0.327 e. The molecule has 0 aliphatic heterocycles. The highest BCUT2D eigenvalue weighted by molar-refractivity contribution is 5.22. The predicted octanol–water partition coefficient (Wildman–Crippen LogP) is 1.63. The van der Waals surface area contributed by atoms with Crippen LogP contribution >= 0.6 is 0 Å². The van der Waals surface area contributed by atoms with Crippen molar-refractivity contribution < 1.29 is 0 Å². The van der Waals surface area contributed by atoms with Crippen molar-refractivity contribution in [2.75, 3.05) is 0 Å². The van der Waals surface area contributed by atoms with Gasteiger partial charge in [0.05, 0.1) is 0 Å². The number of nitrogens with two attached hydrogens (primary N) is 1. The SMILES string of the molecule is C[C@H]1C[C@H]2C(N)C3(C)CC1C23. The smallest absolute Gasteiger partial charge is 0.0127 e. The Bertz CT molecular complexity index is 213. The highest BCUT2D eigenvalue weighted by atomic mass is 14.9. The van der Waals surface area contributed by atoms with Crippen LogP contribution in [0.5, 0.6) is 0 Å². The highest BCUT2D eigenvalue weighted by Gasteiger charge is 2.71. The molecule has 0 aromatic heterocycles. The molecule has 0 bridgehead atoms. The Morgan fingerprint density at radius 1 is 1.36 bits per heavy atom. The lowest BCUT2D eigenvalue weighted by Gasteiger charge is -2.67. The lowest BCUT2D eigenvalue weighted by molar-refractivity contribution is -0.159. The fourth-order valence-corrected chi connectivity index (χ4v) is 4.31. The number of hydrogen-bond acceptors (Lipinski definition) is 1. The van der Waals surface area contributed by atoms with Crippen LogP contribution in [0.1, 0.15) is 26.7 Å². The number of rotatable bonds is 0. The van der Waals surface area contributed by atoms with Crippen LogP contribution in [-0.2, 0) is 0 Å². The monoisotopic (exact) mass is 151 g/mol. The van der Waals surface area contributed by atoms with E-state index in [-0.39, 0.29) is 0 Å². The van der Waals surface area contributed by atoms with Gasteiger partial charge < -0.3 is 5.73 Å². The summed E-state index contributed by atoms with van der Waals surface area (Å²) < 4.78 is 0. The van der Waals surface area contributed by atoms with Crippen molar-refractivity contribution in [2.24, 2.45) is 34.8 Å². The van der Waals surface area contributed by atoms with Crippen LogP contribution in [0.4, 0.5) is 0 Å². The zero-order chi connectivity index (χ0) is 7.80. The summed E-state index contributed by atoms with van der Waals surface area (Å²) in [4.78, 5) is 0. The van der Waals surface area contributed by atoms with Crippen molar-refractivity contribution >= 4 is 0 Å². The Kier molecular flexibility index (Phi) is 0.893. The molecule has 0 saturated heterocycles. The van der Waals surface area contributed by atoms with Crippen molar-refractivity contribution in [2.45, 2.75) is 32.7 Å². The van der Waals surface area contributed by atoms with Crippen molar-refractivity contribution in [3.05, 3.63) is 0 Å². The predicted molar refractivity (Wildman–Crippen MR) is 45.0 cm³/mol. The van der Waals surface area contributed by atoms with E-state index in [4.69, 9.17) is 5.73 Å². The fraction of sp³-hybridized carbons (Fsp3) is 1.00. The third-order valence-corrected chi connectivity index (χ3v) is 4.96. The summed E-state index contributed by atoms with van der Waals surface area (Å²) >= 11 is 0. The molecule has 3 rings (SSSR count). The quantitative estimate of drug-likeness (QED) is 0.559. The zero-order valence-corrected chi connectivity index (χ0v) is 7.38. The Morgan fingerprint density at radius 3 is 2.73 bits per heavy atom. The summed E-state index contributed by atoms with van der Waals surface area (Å²) in [6, 6.07) is 0.550. The first-order valence-corrected chi connectivity index (χ1v) is 4.90. The molecule has 3 fully saturated rings. The summed E-state index contributed by atoms with van der Waals surface area (Å²) in [7, 11) is 0. The van der Waals surface area contributed by atoms with Gasteiger partial charge in [0.2, 0.25) is 0 Å². The van der Waals surface area contributed by atoms with E-state index >= 15 is 0 Å². The summed E-state index contributed by atoms with van der Waals surface area (Å²) in [6.45, 7) is 4.81. The first kappa shape index (κ1) is 6.47. The molecule has 0 amide bonds. The van der Waals surface area contributed by atoms with Crippen molar-refractivity contribution in [3.63, 3.8) is 0 Å². The van der Waals surface area contributed by atoms with E-state index in [0.717, 1.165) is 23.7 Å². The van der Waals surface area contributed by atoms with E-state index in [1.165, 1.54) is 12.8 Å². The Morgan fingerprint density at radius 2 is 2.09 bits per heavy atom. The topological polar surface area (TPSA) is 26.0 Å². The summed E-state index contributed by atoms with van der Waals surface area (Å²) in [6.07, 6.45) is 2.85. The second kappa shape index (κ2) is 1.52. The molecule has 4 unspecified atom stereocenters. The van der Waals surface area contributed by atoms with Crippen molar-refractivity contribution in [3.8, 4) is 0 Å². The fourth-order valence-electron chi connectivity index (χ4n) is 4.31. The van der Waals surface area contributed by atoms with Crippen LogP contribution in [0.3, 0.4) is 0 Å². The van der Waals surface area contributed by atoms with Crippen LogP contribution in [0.25, 0.3) is 0 Å². The van der Waals surface area contributed by atoms with Gasteiger partial charge in [-0.1, -0.05) is 13.8 Å². The standard InChI is InChI=1S/C10H17N/c1-5-3-6-8-7(5)4-10(8,2)9(6)11/h5-9H,3-4,11H2,1-2H3/t5-,6+,7?,8?,9?,10?/m0/s1. The van der Waals surface area contributed by atoms with E-state index in [0.29, 0.717) is 11.5 Å². The minimum atomic E-state index is 0.550. The third-order valence-electron chi connectivity index (χ3n) is 4.96. The molecule has 0 spiro atoms. The molecule has 0 aromatic carbocycles. The van der Waals surface area contributed by atoms with E-state index in [9.17, 15) is 0 Å². The molecule has 0 aromatic rings. The Labute approximate surface area is 68.3 Å². The van der Waals surface area contributed by atoms with Crippen molar-refractivity contribution in [1.82, 2.24) is 0 Å². The first-order valence-electron chi connectivity index (χ1n) is 4.90. The van der Waals surface area contributed by atoms with Gasteiger partial charge in [-0.05, 0) is 41.9 Å². The molecule has 0 radical (unpaired) electrons. The van der Waals surface area contributed by atoms with Crippen LogP contribution in [0.2, 0.25) is 0 Å². The van der Waals surface area contributed by atoms with Gasteiger partial charge in [0.15, 0.2) is 0 Å². The molecular weight excluding hydrogens is 134 g/mol. The van der Waals surface area contributed by atoms with Crippen LogP contribution in [0, 0.1) is 29.1 Å². The average Bonchev–Trinajstić information content (AvgIpc) is 2.15. The van der Waals surface area contributed by atoms with E-state index in [1.807, 2.05) is 0 Å². The molecule has 2 N–H and O–H groups in total. The molecule has 11 heavy (non-hydrogen) atoms. The van der Waals surface area contributed by atoms with Crippen molar-refractivity contribution in [1.29, 1.82) is 0 Å². The van der Waals surface area contributed by atoms with Gasteiger partial charge in [-0.3, -0.25) is 0 Å². The van der Waals surface area contributed by atoms with Gasteiger partial charge in [0.25, 0.3) is 0 Å². The van der Waals surface area contributed by atoms with E-state index < -0.39 is 0 Å². The Hall–Kier alpha value is -0.0400. The van der Waals surface area contributed by atoms with Gasteiger partial charge in [0, 0.05) is 6.04 Å². The Balaban J connectivity index is 1.94. The third kappa shape index (κ3) is 0.462. The van der Waals surface area contributed by atoms with E-state index in [1.54, 1.807) is 0 Å². The lowest BCUT2D eigenvalue weighted by atomic mass is 9.40. The van der Waals surface area contributed by atoms with Crippen LogP contribution in [-0.4, -0.2) is 6.04 Å². The molecule has 0 heterocycles. The molecule has 62 valence electrons. The highest BCUT2D eigenvalue weighted by Crippen LogP contribution is 2.73. The second-order valence-electron chi connectivity index (χ2n) is 5.30. The van der Waals surface area contributed by atoms with Crippen LogP contribution < -0.4 is 5.73 Å². The maximum absolute atomic E-state index is 6.14. The molecular formula is C10H17N. The maximum atomic E-state index is 6.14. The molecule has 3 aliphatic rings. The van der Waals surface area contributed by atoms with Gasteiger partial charge in [-0.2, -0.15) is 0 Å². The molecule has 1 heteroatoms. The normalized spacial score (nSPS) is 71.7. The summed E-state index contributed by atoms with van der Waals surface area (Å²) in [5.41, 5.74) is 6.72. The zero-order valence-electron chi connectivity index (χ0n) is 7.38. The molecule has 1 nitrogen and oxygen atoms in total. The van der Waals surface area contributed by atoms with Gasteiger partial charge in [-0.25, -0.2) is 0 Å². The van der Waals surface area contributed by atoms with Gasteiger partial charge >= 0.3 is 0 Å². The summed E-state index contributed by atoms with van der Waals surface area (Å²) in [5.74, 6) is 3.98. The molecule has 3 saturated carbocycles. The minimum absolute atomic E-state index is 0.550. The van der Waals surface area contributed by atoms with Gasteiger partial charge in [-0.15, -0.1) is 0 Å². The average molecular weight is 151 g/mol. The number of hydrogen-bond donors (Lipinski definition) is 1. The summed E-state index contributed by atoms with van der Waals surface area (Å²) in [5, 5.41) is 0. The van der Waals surface area contributed by atoms with Gasteiger partial charge in [0.1, 0.15) is 0 Å². The second-order valence-corrected chi connectivity index (χ2v) is 5.30. The molecule has 3 aliphatic carbocycles. The van der Waals surface area contributed by atoms with Crippen LogP contribution in [0.15, 0.2) is 0 Å². The maximum Gasteiger partial charge on any atom is 0.0127 e. The minimum Gasteiger partial charge on any atom is -0.327 e. The first-order chi connectivity index (χ1) is 5.14. The lowest BCUT2D eigenvalue weighted by Crippen LogP contribution is -2.69. The molecule has 6 atom stereocenters.